The quantitative estimate of drug-likeness (QED) is 0.618. The lowest BCUT2D eigenvalue weighted by molar-refractivity contribution is 0.319. The fourth-order valence-electron chi connectivity index (χ4n) is 3.82. The summed E-state index contributed by atoms with van der Waals surface area (Å²) in [6, 6.07) is 7.73. The van der Waals surface area contributed by atoms with Gasteiger partial charge < -0.3 is 0 Å². The summed E-state index contributed by atoms with van der Waals surface area (Å²) in [6.07, 6.45) is 6.61. The van der Waals surface area contributed by atoms with E-state index in [1.54, 1.807) is 6.07 Å². The monoisotopic (exact) mass is 302 g/mol. The van der Waals surface area contributed by atoms with Gasteiger partial charge in [-0.3, -0.25) is 0 Å². The zero-order valence-electron chi connectivity index (χ0n) is 13.5. The van der Waals surface area contributed by atoms with Crippen molar-refractivity contribution in [1.82, 2.24) is 0 Å². The highest BCUT2D eigenvalue weighted by molar-refractivity contribution is 5.84. The second-order valence-corrected chi connectivity index (χ2v) is 6.62. The normalized spacial score (nSPS) is 22.2. The van der Waals surface area contributed by atoms with E-state index in [-0.39, 0.29) is 0 Å². The molecule has 2 aromatic carbocycles. The molecule has 0 aliphatic heterocycles. The number of fused-ring (bicyclic) bond motifs is 1. The zero-order valence-corrected chi connectivity index (χ0v) is 13.5. The van der Waals surface area contributed by atoms with E-state index in [2.05, 4.69) is 13.0 Å². The summed E-state index contributed by atoms with van der Waals surface area (Å²) >= 11 is 0. The fraction of sp³-hybridized carbons (Fsp3) is 0.500. The van der Waals surface area contributed by atoms with Crippen LogP contribution in [0.4, 0.5) is 8.78 Å². The van der Waals surface area contributed by atoms with Crippen molar-refractivity contribution in [2.45, 2.75) is 58.3 Å². The molecule has 0 radical (unpaired) electrons. The maximum atomic E-state index is 14.3. The Labute approximate surface area is 131 Å². The van der Waals surface area contributed by atoms with Crippen LogP contribution >= 0.6 is 0 Å². The van der Waals surface area contributed by atoms with Crippen LogP contribution in [-0.4, -0.2) is 0 Å². The highest BCUT2D eigenvalue weighted by Crippen LogP contribution is 2.38. The smallest absolute Gasteiger partial charge is 0.166 e. The standard InChI is InChI=1S/C20H24F2/c1-3-13-5-7-15(8-6-13)16-9-10-17-11-14(4-2)19(21)20(22)18(17)12-16/h9-13,15H,3-8H2,1-2H3. The van der Waals surface area contributed by atoms with Gasteiger partial charge in [-0.15, -0.1) is 0 Å². The van der Waals surface area contributed by atoms with Gasteiger partial charge in [0.15, 0.2) is 11.6 Å². The van der Waals surface area contributed by atoms with Crippen molar-refractivity contribution in [2.24, 2.45) is 5.92 Å². The lowest BCUT2D eigenvalue weighted by Crippen LogP contribution is -2.12. The van der Waals surface area contributed by atoms with Crippen LogP contribution in [0.1, 0.15) is 63.0 Å². The van der Waals surface area contributed by atoms with Gasteiger partial charge in [-0.25, -0.2) is 8.78 Å². The third kappa shape index (κ3) is 2.76. The van der Waals surface area contributed by atoms with Crippen LogP contribution in [0, 0.1) is 17.6 Å². The van der Waals surface area contributed by atoms with E-state index in [1.807, 2.05) is 19.1 Å². The molecular formula is C20H24F2. The minimum atomic E-state index is -0.682. The van der Waals surface area contributed by atoms with Crippen LogP contribution < -0.4 is 0 Å². The molecule has 1 aliphatic rings. The molecule has 118 valence electrons. The number of hydrogen-bond donors (Lipinski definition) is 0. The Morgan fingerprint density at radius 1 is 0.955 bits per heavy atom. The number of aryl methyl sites for hydroxylation is 1. The first-order valence-electron chi connectivity index (χ1n) is 8.54. The second-order valence-electron chi connectivity index (χ2n) is 6.62. The Morgan fingerprint density at radius 3 is 2.32 bits per heavy atom. The van der Waals surface area contributed by atoms with Crippen LogP contribution in [0.3, 0.4) is 0 Å². The van der Waals surface area contributed by atoms with Crippen molar-refractivity contribution < 1.29 is 8.78 Å². The lowest BCUT2D eigenvalue weighted by Gasteiger charge is -2.28. The highest BCUT2D eigenvalue weighted by atomic mass is 19.2. The van der Waals surface area contributed by atoms with Gasteiger partial charge in [0.25, 0.3) is 0 Å². The Hall–Kier alpha value is -1.44. The van der Waals surface area contributed by atoms with E-state index in [0.717, 1.165) is 11.3 Å². The topological polar surface area (TPSA) is 0 Å². The molecule has 0 nitrogen and oxygen atoms in total. The molecule has 0 saturated heterocycles. The predicted octanol–water partition coefficient (Wildman–Crippen LogP) is 6.36. The molecule has 0 atom stereocenters. The molecule has 22 heavy (non-hydrogen) atoms. The van der Waals surface area contributed by atoms with Crippen molar-refractivity contribution >= 4 is 10.8 Å². The summed E-state index contributed by atoms with van der Waals surface area (Å²) in [5.74, 6) is -0.0150. The van der Waals surface area contributed by atoms with Gasteiger partial charge in [0.2, 0.25) is 0 Å². The molecule has 1 aliphatic carbocycles. The first-order chi connectivity index (χ1) is 10.6. The van der Waals surface area contributed by atoms with Crippen molar-refractivity contribution in [3.8, 4) is 0 Å². The third-order valence-electron chi connectivity index (χ3n) is 5.39. The Bertz CT molecular complexity index is 667. The molecule has 0 N–H and O–H groups in total. The largest absolute Gasteiger partial charge is 0.203 e. The molecule has 2 heteroatoms. The van der Waals surface area contributed by atoms with E-state index in [0.29, 0.717) is 23.3 Å². The van der Waals surface area contributed by atoms with E-state index in [4.69, 9.17) is 0 Å². The molecule has 1 saturated carbocycles. The maximum absolute atomic E-state index is 14.3. The van der Waals surface area contributed by atoms with Gasteiger partial charge in [0.1, 0.15) is 0 Å². The molecule has 0 bridgehead atoms. The minimum Gasteiger partial charge on any atom is -0.203 e. The second kappa shape index (κ2) is 6.36. The van der Waals surface area contributed by atoms with E-state index in [1.165, 1.54) is 37.7 Å². The van der Waals surface area contributed by atoms with Crippen molar-refractivity contribution in [3.05, 3.63) is 47.0 Å². The molecule has 3 rings (SSSR count). The maximum Gasteiger partial charge on any atom is 0.166 e. The van der Waals surface area contributed by atoms with Crippen LogP contribution in [-0.2, 0) is 6.42 Å². The van der Waals surface area contributed by atoms with Gasteiger partial charge in [-0.1, -0.05) is 32.4 Å². The number of benzene rings is 2. The van der Waals surface area contributed by atoms with Crippen LogP contribution in [0.15, 0.2) is 24.3 Å². The van der Waals surface area contributed by atoms with Gasteiger partial charge in [-0.2, -0.15) is 0 Å². The summed E-state index contributed by atoms with van der Waals surface area (Å²) in [4.78, 5) is 0. The van der Waals surface area contributed by atoms with Gasteiger partial charge in [0, 0.05) is 5.39 Å². The summed E-state index contributed by atoms with van der Waals surface area (Å²) in [6.45, 7) is 4.11. The molecule has 2 aromatic rings. The number of halogens is 2. The minimum absolute atomic E-state index is 0.435. The highest BCUT2D eigenvalue weighted by Gasteiger charge is 2.22. The summed E-state index contributed by atoms with van der Waals surface area (Å²) in [5, 5.41) is 1.24. The Kier molecular flexibility index (Phi) is 4.46. The molecule has 0 unspecified atom stereocenters. The molecule has 0 heterocycles. The summed E-state index contributed by atoms with van der Waals surface area (Å²) in [5.41, 5.74) is 1.63. The molecular weight excluding hydrogens is 278 g/mol. The van der Waals surface area contributed by atoms with E-state index < -0.39 is 11.6 Å². The first-order valence-corrected chi connectivity index (χ1v) is 8.54. The average molecular weight is 302 g/mol. The lowest BCUT2D eigenvalue weighted by atomic mass is 9.77. The van der Waals surface area contributed by atoms with E-state index >= 15 is 0 Å². The zero-order chi connectivity index (χ0) is 15.7. The van der Waals surface area contributed by atoms with E-state index in [9.17, 15) is 8.78 Å². The molecule has 0 aromatic heterocycles. The van der Waals surface area contributed by atoms with Gasteiger partial charge in [0.05, 0.1) is 0 Å². The van der Waals surface area contributed by atoms with Crippen molar-refractivity contribution in [2.75, 3.05) is 0 Å². The number of hydrogen-bond acceptors (Lipinski definition) is 0. The molecule has 0 amide bonds. The molecule has 0 spiro atoms. The summed E-state index contributed by atoms with van der Waals surface area (Å²) < 4.78 is 28.4. The third-order valence-corrected chi connectivity index (χ3v) is 5.39. The van der Waals surface area contributed by atoms with Crippen LogP contribution in [0.25, 0.3) is 10.8 Å². The van der Waals surface area contributed by atoms with Crippen molar-refractivity contribution in [3.63, 3.8) is 0 Å². The predicted molar refractivity (Wildman–Crippen MR) is 88.2 cm³/mol. The average Bonchev–Trinajstić information content (AvgIpc) is 2.58. The fourth-order valence-corrected chi connectivity index (χ4v) is 3.82. The Balaban J connectivity index is 1.95. The number of rotatable bonds is 3. The van der Waals surface area contributed by atoms with Crippen molar-refractivity contribution in [1.29, 1.82) is 0 Å². The van der Waals surface area contributed by atoms with Crippen LogP contribution in [0.2, 0.25) is 0 Å². The van der Waals surface area contributed by atoms with Crippen LogP contribution in [0.5, 0.6) is 0 Å². The molecule has 1 fully saturated rings. The summed E-state index contributed by atoms with van der Waals surface area (Å²) in [7, 11) is 0. The van der Waals surface area contributed by atoms with Gasteiger partial charge in [-0.05, 0) is 72.6 Å². The SMILES string of the molecule is CCc1cc2ccc(C3CCC(CC)CC3)cc2c(F)c1F. The first kappa shape index (κ1) is 15.5. The Morgan fingerprint density at radius 2 is 1.68 bits per heavy atom. The van der Waals surface area contributed by atoms with Gasteiger partial charge >= 0.3 is 0 Å².